The van der Waals surface area contributed by atoms with Crippen LogP contribution in [0.1, 0.15) is 32.6 Å². The average molecular weight is 534 g/mol. The number of aryl methyl sites for hydroxylation is 4. The summed E-state index contributed by atoms with van der Waals surface area (Å²) in [6, 6.07) is 13.8. The third-order valence-corrected chi connectivity index (χ3v) is 6.68. The Morgan fingerprint density at radius 1 is 0.842 bits per heavy atom. The smallest absolute Gasteiger partial charge is 0.283 e. The van der Waals surface area contributed by atoms with Crippen molar-refractivity contribution in [3.8, 4) is 11.5 Å². The fourth-order valence-corrected chi connectivity index (χ4v) is 4.61. The number of amides is 3. The van der Waals surface area contributed by atoms with Crippen LogP contribution < -0.4 is 25.0 Å². The Labute approximate surface area is 226 Å². The zero-order chi connectivity index (χ0) is 27.7. The molecule has 1 aliphatic rings. The number of ether oxygens (including phenoxy) is 2. The van der Waals surface area contributed by atoms with E-state index in [1.165, 1.54) is 14.2 Å². The van der Waals surface area contributed by atoms with Crippen molar-refractivity contribution in [2.45, 2.75) is 27.7 Å². The predicted molar refractivity (Wildman–Crippen MR) is 148 cm³/mol. The van der Waals surface area contributed by atoms with Crippen molar-refractivity contribution in [2.24, 2.45) is 0 Å². The Bertz CT molecular complexity index is 1490. The number of halogens is 1. The number of methoxy groups -OCH3 is 2. The molecule has 0 aliphatic carbocycles. The highest BCUT2D eigenvalue weighted by Gasteiger charge is 2.40. The lowest BCUT2D eigenvalue weighted by atomic mass is 10.0. The van der Waals surface area contributed by atoms with Crippen molar-refractivity contribution in [1.29, 1.82) is 0 Å². The molecule has 2 N–H and O–H groups in total. The number of benzene rings is 3. The summed E-state index contributed by atoms with van der Waals surface area (Å²) < 4.78 is 10.6. The van der Waals surface area contributed by atoms with Crippen molar-refractivity contribution in [3.63, 3.8) is 0 Å². The third-order valence-electron chi connectivity index (χ3n) is 6.33. The molecule has 4 rings (SSSR count). The van der Waals surface area contributed by atoms with Crippen LogP contribution in [-0.2, 0) is 9.59 Å². The molecule has 0 atom stereocenters. The van der Waals surface area contributed by atoms with Crippen LogP contribution in [0.3, 0.4) is 0 Å². The van der Waals surface area contributed by atoms with Crippen molar-refractivity contribution in [2.75, 3.05) is 29.8 Å². The number of imide groups is 1. The first-order chi connectivity index (χ1) is 18.0. The highest BCUT2D eigenvalue weighted by molar-refractivity contribution is 6.53. The Kier molecular flexibility index (Phi) is 7.46. The number of nitrogens with one attached hydrogen (secondary N) is 2. The zero-order valence-electron chi connectivity index (χ0n) is 22.0. The molecule has 38 heavy (non-hydrogen) atoms. The van der Waals surface area contributed by atoms with Gasteiger partial charge in [0.05, 0.1) is 19.9 Å². The number of hydrogen-bond acceptors (Lipinski definition) is 6. The molecule has 3 amide bonds. The predicted octanol–water partition coefficient (Wildman–Crippen LogP) is 5.63. The quantitative estimate of drug-likeness (QED) is 0.382. The van der Waals surface area contributed by atoms with E-state index in [0.717, 1.165) is 32.8 Å². The molecule has 3 aromatic carbocycles. The van der Waals surface area contributed by atoms with Crippen molar-refractivity contribution < 1.29 is 23.9 Å². The maximum absolute atomic E-state index is 13.4. The molecule has 0 unspecified atom stereocenters. The molecule has 0 spiro atoms. The van der Waals surface area contributed by atoms with Crippen LogP contribution in [0.15, 0.2) is 59.3 Å². The van der Waals surface area contributed by atoms with E-state index < -0.39 is 11.8 Å². The fraction of sp³-hybridized carbons (Fsp3) is 0.207. The van der Waals surface area contributed by atoms with Gasteiger partial charge in [0.25, 0.3) is 17.7 Å². The molecule has 0 aromatic heterocycles. The molecule has 0 bridgehead atoms. The van der Waals surface area contributed by atoms with E-state index in [-0.39, 0.29) is 28.1 Å². The van der Waals surface area contributed by atoms with Gasteiger partial charge in [0, 0.05) is 23.0 Å². The molecule has 196 valence electrons. The maximum atomic E-state index is 13.4. The second-order valence-electron chi connectivity index (χ2n) is 9.06. The van der Waals surface area contributed by atoms with Gasteiger partial charge in [-0.3, -0.25) is 14.4 Å². The topological polar surface area (TPSA) is 97.0 Å². The Morgan fingerprint density at radius 2 is 1.53 bits per heavy atom. The highest BCUT2D eigenvalue weighted by atomic mass is 35.5. The van der Waals surface area contributed by atoms with Crippen molar-refractivity contribution >= 4 is 46.4 Å². The maximum Gasteiger partial charge on any atom is 0.283 e. The summed E-state index contributed by atoms with van der Waals surface area (Å²) in [6.45, 7) is 7.71. The summed E-state index contributed by atoms with van der Waals surface area (Å²) in [5.74, 6) is -0.873. The molecular formula is C29H28ClN3O5. The Hall–Kier alpha value is -4.30. The molecule has 8 nitrogen and oxygen atoms in total. The minimum absolute atomic E-state index is 0.0968. The lowest BCUT2D eigenvalue weighted by molar-refractivity contribution is -0.120. The van der Waals surface area contributed by atoms with E-state index in [9.17, 15) is 14.4 Å². The standard InChI is InChI=1S/C29H28ClN3O5/c1-15-11-17(3)25(18(4)12-15)32-27(34)19-8-7-16(2)21(13-19)31-26-24(30)28(35)33(29(26)36)22-10-9-20(37-5)14-23(22)38-6/h7-14,31H,1-6H3,(H,32,34). The number of rotatable bonds is 7. The van der Waals surface area contributed by atoms with Gasteiger partial charge in [-0.2, -0.15) is 0 Å². The van der Waals surface area contributed by atoms with Crippen LogP contribution in [-0.4, -0.2) is 31.9 Å². The average Bonchev–Trinajstić information content (AvgIpc) is 3.09. The van der Waals surface area contributed by atoms with E-state index in [0.29, 0.717) is 17.0 Å². The van der Waals surface area contributed by atoms with Gasteiger partial charge in [0.15, 0.2) is 0 Å². The third kappa shape index (κ3) is 4.95. The van der Waals surface area contributed by atoms with Crippen LogP contribution in [0.25, 0.3) is 0 Å². The van der Waals surface area contributed by atoms with E-state index >= 15 is 0 Å². The van der Waals surface area contributed by atoms with E-state index in [4.69, 9.17) is 21.1 Å². The monoisotopic (exact) mass is 533 g/mol. The largest absolute Gasteiger partial charge is 0.497 e. The van der Waals surface area contributed by atoms with Crippen molar-refractivity contribution in [1.82, 2.24) is 0 Å². The van der Waals surface area contributed by atoms with Gasteiger partial charge in [-0.1, -0.05) is 35.4 Å². The molecule has 0 fully saturated rings. The molecular weight excluding hydrogens is 506 g/mol. The van der Waals surface area contributed by atoms with E-state index in [2.05, 4.69) is 10.6 Å². The summed E-state index contributed by atoms with van der Waals surface area (Å²) in [6.07, 6.45) is 0. The Morgan fingerprint density at radius 3 is 2.16 bits per heavy atom. The summed E-state index contributed by atoms with van der Waals surface area (Å²) in [5.41, 5.74) is 5.51. The molecule has 1 aliphatic heterocycles. The molecule has 0 saturated carbocycles. The van der Waals surface area contributed by atoms with E-state index in [1.807, 2.05) is 39.8 Å². The lowest BCUT2D eigenvalue weighted by Crippen LogP contribution is -2.32. The Balaban J connectivity index is 1.62. The normalized spacial score (nSPS) is 13.2. The second-order valence-corrected chi connectivity index (χ2v) is 9.43. The molecule has 9 heteroatoms. The van der Waals surface area contributed by atoms with Gasteiger partial charge in [-0.05, 0) is 68.7 Å². The van der Waals surface area contributed by atoms with Gasteiger partial charge >= 0.3 is 0 Å². The first-order valence-corrected chi connectivity index (χ1v) is 12.2. The number of nitrogens with zero attached hydrogens (tertiary/aromatic N) is 1. The summed E-state index contributed by atoms with van der Waals surface area (Å²) >= 11 is 6.34. The fourth-order valence-electron chi connectivity index (χ4n) is 4.40. The van der Waals surface area contributed by atoms with Crippen molar-refractivity contribution in [3.05, 3.63) is 87.1 Å². The van der Waals surface area contributed by atoms with Crippen LogP contribution in [0.5, 0.6) is 11.5 Å². The molecule has 0 radical (unpaired) electrons. The zero-order valence-corrected chi connectivity index (χ0v) is 22.7. The van der Waals surface area contributed by atoms with Crippen LogP contribution in [0.2, 0.25) is 0 Å². The van der Waals surface area contributed by atoms with E-state index in [1.54, 1.807) is 36.4 Å². The number of anilines is 3. The molecule has 0 saturated heterocycles. The van der Waals surface area contributed by atoms with Crippen LogP contribution in [0.4, 0.5) is 17.1 Å². The summed E-state index contributed by atoms with van der Waals surface area (Å²) in [7, 11) is 2.93. The highest BCUT2D eigenvalue weighted by Crippen LogP contribution is 2.38. The molecule has 3 aromatic rings. The molecule has 1 heterocycles. The van der Waals surface area contributed by atoms with Gasteiger partial charge in [-0.15, -0.1) is 0 Å². The summed E-state index contributed by atoms with van der Waals surface area (Å²) in [4.78, 5) is 40.4. The van der Waals surface area contributed by atoms with Crippen LogP contribution >= 0.6 is 11.6 Å². The van der Waals surface area contributed by atoms with Gasteiger partial charge in [0.2, 0.25) is 0 Å². The first kappa shape index (κ1) is 26.8. The van der Waals surface area contributed by atoms with Crippen LogP contribution in [0, 0.1) is 27.7 Å². The number of carbonyl (C=O) groups is 3. The minimum Gasteiger partial charge on any atom is -0.497 e. The van der Waals surface area contributed by atoms with Gasteiger partial charge in [-0.25, -0.2) is 4.90 Å². The minimum atomic E-state index is -0.695. The summed E-state index contributed by atoms with van der Waals surface area (Å²) in [5, 5.41) is 5.69. The van der Waals surface area contributed by atoms with Gasteiger partial charge in [0.1, 0.15) is 22.2 Å². The SMILES string of the molecule is COc1ccc(N2C(=O)C(Cl)=C(Nc3cc(C(=O)Nc4c(C)cc(C)cc4C)ccc3C)C2=O)c(OC)c1. The number of hydrogen-bond donors (Lipinski definition) is 2. The lowest BCUT2D eigenvalue weighted by Gasteiger charge is -2.19. The van der Waals surface area contributed by atoms with Gasteiger partial charge < -0.3 is 20.1 Å². The first-order valence-electron chi connectivity index (χ1n) is 11.8. The second kappa shape index (κ2) is 10.6. The number of carbonyl (C=O) groups excluding carboxylic acids is 3.